The zero-order chi connectivity index (χ0) is 23.8. The fourth-order valence-corrected chi connectivity index (χ4v) is 5.35. The molecule has 1 atom stereocenters. The maximum atomic E-state index is 13.7. The number of allylic oxidation sites excluding steroid dienone is 1. The fourth-order valence-electron chi connectivity index (χ4n) is 4.31. The van der Waals surface area contributed by atoms with Crippen LogP contribution in [-0.4, -0.2) is 24.8 Å². The summed E-state index contributed by atoms with van der Waals surface area (Å²) in [5, 5.41) is 2.16. The summed E-state index contributed by atoms with van der Waals surface area (Å²) in [4.78, 5) is 31.6. The van der Waals surface area contributed by atoms with Gasteiger partial charge in [0.05, 0.1) is 36.1 Å². The molecule has 1 aliphatic heterocycles. The molecule has 0 radical (unpaired) electrons. The first-order valence-electron chi connectivity index (χ1n) is 10.7. The molecule has 170 valence electrons. The van der Waals surface area contributed by atoms with Gasteiger partial charge in [0.1, 0.15) is 5.75 Å². The van der Waals surface area contributed by atoms with Crippen LogP contribution in [0.5, 0.6) is 5.75 Å². The molecule has 0 bridgehead atoms. The molecule has 0 N–H and O–H groups in total. The highest BCUT2D eigenvalue weighted by atomic mass is 32.1. The van der Waals surface area contributed by atoms with Gasteiger partial charge in [-0.3, -0.25) is 9.36 Å². The summed E-state index contributed by atoms with van der Waals surface area (Å²) < 4.78 is 12.5. The van der Waals surface area contributed by atoms with Gasteiger partial charge in [-0.15, -0.1) is 0 Å². The summed E-state index contributed by atoms with van der Waals surface area (Å²) in [5.74, 6) is 0.179. The molecule has 4 aromatic rings. The lowest BCUT2D eigenvalue weighted by Crippen LogP contribution is -2.39. The highest BCUT2D eigenvalue weighted by Gasteiger charge is 2.33. The van der Waals surface area contributed by atoms with E-state index in [9.17, 15) is 9.59 Å². The lowest BCUT2D eigenvalue weighted by Gasteiger charge is -2.24. The van der Waals surface area contributed by atoms with Crippen molar-refractivity contribution in [2.75, 3.05) is 14.2 Å². The predicted octanol–water partition coefficient (Wildman–Crippen LogP) is 3.57. The Morgan fingerprint density at radius 3 is 2.50 bits per heavy atom. The Balaban J connectivity index is 1.75. The van der Waals surface area contributed by atoms with E-state index in [0.717, 1.165) is 21.9 Å². The van der Waals surface area contributed by atoms with Gasteiger partial charge in [-0.1, -0.05) is 65.9 Å². The molecule has 6 nitrogen and oxygen atoms in total. The Labute approximate surface area is 199 Å². The van der Waals surface area contributed by atoms with Crippen molar-refractivity contribution >= 4 is 34.2 Å². The third-order valence-electron chi connectivity index (χ3n) is 5.97. The van der Waals surface area contributed by atoms with Gasteiger partial charge in [-0.05, 0) is 47.0 Å². The second kappa shape index (κ2) is 8.76. The van der Waals surface area contributed by atoms with Gasteiger partial charge in [0, 0.05) is 0 Å². The third-order valence-corrected chi connectivity index (χ3v) is 6.95. The van der Waals surface area contributed by atoms with Gasteiger partial charge in [0.2, 0.25) is 0 Å². The molecule has 1 unspecified atom stereocenters. The maximum absolute atomic E-state index is 13.7. The Morgan fingerprint density at radius 1 is 1.03 bits per heavy atom. The Kier molecular flexibility index (Phi) is 5.63. The predicted molar refractivity (Wildman–Crippen MR) is 133 cm³/mol. The molecule has 34 heavy (non-hydrogen) atoms. The van der Waals surface area contributed by atoms with Crippen molar-refractivity contribution in [2.24, 2.45) is 4.99 Å². The topological polar surface area (TPSA) is 69.9 Å². The van der Waals surface area contributed by atoms with E-state index in [1.54, 1.807) is 18.6 Å². The van der Waals surface area contributed by atoms with E-state index in [4.69, 9.17) is 9.47 Å². The average Bonchev–Trinajstić information content (AvgIpc) is 3.17. The molecule has 0 saturated heterocycles. The number of fused-ring (bicyclic) bond motifs is 2. The molecule has 1 aromatic heterocycles. The van der Waals surface area contributed by atoms with Gasteiger partial charge in [-0.2, -0.15) is 0 Å². The highest BCUT2D eigenvalue weighted by molar-refractivity contribution is 7.07. The van der Waals surface area contributed by atoms with Crippen molar-refractivity contribution in [3.05, 3.63) is 109 Å². The van der Waals surface area contributed by atoms with E-state index < -0.39 is 12.0 Å². The number of benzene rings is 3. The molecule has 0 saturated carbocycles. The Bertz CT molecular complexity index is 1620. The number of ether oxygens (including phenoxy) is 2. The first-order chi connectivity index (χ1) is 16.5. The van der Waals surface area contributed by atoms with Crippen LogP contribution < -0.4 is 19.6 Å². The van der Waals surface area contributed by atoms with Crippen LogP contribution in [0, 0.1) is 0 Å². The Morgan fingerprint density at radius 2 is 1.76 bits per heavy atom. The van der Waals surface area contributed by atoms with E-state index in [1.165, 1.54) is 18.4 Å². The minimum absolute atomic E-state index is 0.202. The Hall–Kier alpha value is -3.97. The summed E-state index contributed by atoms with van der Waals surface area (Å²) >= 11 is 1.31. The SMILES string of the molecule is COC(=O)C1=C(C)N=c2s/c(=C/c3cccc4ccccc34)c(=O)n2C1c1ccc(OC)cc1. The number of nitrogens with zero attached hydrogens (tertiary/aromatic N) is 2. The molecule has 7 heteroatoms. The van der Waals surface area contributed by atoms with Crippen LogP contribution in [-0.2, 0) is 9.53 Å². The quantitative estimate of drug-likeness (QED) is 0.428. The second-order valence-corrected chi connectivity index (χ2v) is 8.92. The smallest absolute Gasteiger partial charge is 0.338 e. The van der Waals surface area contributed by atoms with Gasteiger partial charge >= 0.3 is 5.97 Å². The zero-order valence-electron chi connectivity index (χ0n) is 18.9. The molecule has 1 aliphatic rings. The molecule has 0 spiro atoms. The molecular formula is C27H22N2O4S. The van der Waals surface area contributed by atoms with E-state index in [0.29, 0.717) is 26.4 Å². The van der Waals surface area contributed by atoms with E-state index in [2.05, 4.69) is 4.99 Å². The maximum Gasteiger partial charge on any atom is 0.338 e. The summed E-state index contributed by atoms with van der Waals surface area (Å²) in [5.41, 5.74) is 2.40. The minimum Gasteiger partial charge on any atom is -0.497 e. The number of hydrogen-bond donors (Lipinski definition) is 0. The number of carbonyl (C=O) groups excluding carboxylic acids is 1. The number of thiazole rings is 1. The van der Waals surface area contributed by atoms with Crippen LogP contribution in [0.15, 0.2) is 87.8 Å². The molecule has 5 rings (SSSR count). The van der Waals surface area contributed by atoms with Gasteiger partial charge < -0.3 is 9.47 Å². The lowest BCUT2D eigenvalue weighted by molar-refractivity contribution is -0.136. The van der Waals surface area contributed by atoms with E-state index in [-0.39, 0.29) is 5.56 Å². The van der Waals surface area contributed by atoms with Crippen molar-refractivity contribution in [1.29, 1.82) is 0 Å². The summed E-state index contributed by atoms with van der Waals surface area (Å²) in [6.07, 6.45) is 1.90. The van der Waals surface area contributed by atoms with Crippen molar-refractivity contribution < 1.29 is 14.3 Å². The summed E-state index contributed by atoms with van der Waals surface area (Å²) in [6, 6.07) is 20.8. The normalized spacial score (nSPS) is 15.7. The third kappa shape index (κ3) is 3.64. The summed E-state index contributed by atoms with van der Waals surface area (Å²) in [6.45, 7) is 1.77. The largest absolute Gasteiger partial charge is 0.497 e. The van der Waals surface area contributed by atoms with Crippen molar-refractivity contribution in [2.45, 2.75) is 13.0 Å². The van der Waals surface area contributed by atoms with Crippen LogP contribution >= 0.6 is 11.3 Å². The van der Waals surface area contributed by atoms with Gasteiger partial charge in [-0.25, -0.2) is 9.79 Å². The van der Waals surface area contributed by atoms with Gasteiger partial charge in [0.25, 0.3) is 5.56 Å². The standard InChI is InChI=1S/C27H22N2O4S/c1-16-23(26(31)33-3)24(18-11-13-20(32-2)14-12-18)29-25(30)22(34-27(29)28-16)15-19-9-6-8-17-7-4-5-10-21(17)19/h4-15,24H,1-3H3/b22-15+. The number of hydrogen-bond acceptors (Lipinski definition) is 6. The number of carbonyl (C=O) groups is 1. The average molecular weight is 471 g/mol. The molecule has 3 aromatic carbocycles. The first kappa shape index (κ1) is 21.9. The molecule has 2 heterocycles. The number of methoxy groups -OCH3 is 2. The second-order valence-electron chi connectivity index (χ2n) is 7.91. The highest BCUT2D eigenvalue weighted by Crippen LogP contribution is 2.31. The van der Waals surface area contributed by atoms with E-state index in [1.807, 2.05) is 72.8 Å². The molecule has 0 amide bonds. The van der Waals surface area contributed by atoms with Crippen LogP contribution in [0.3, 0.4) is 0 Å². The number of esters is 1. The van der Waals surface area contributed by atoms with Gasteiger partial charge in [0.15, 0.2) is 4.80 Å². The van der Waals surface area contributed by atoms with Crippen LogP contribution in [0.4, 0.5) is 0 Å². The number of aromatic nitrogens is 1. The molecule has 0 aliphatic carbocycles. The van der Waals surface area contributed by atoms with Crippen molar-refractivity contribution in [3.63, 3.8) is 0 Å². The van der Waals surface area contributed by atoms with Crippen LogP contribution in [0.2, 0.25) is 0 Å². The van der Waals surface area contributed by atoms with Crippen LogP contribution in [0.25, 0.3) is 16.8 Å². The monoisotopic (exact) mass is 470 g/mol. The fraction of sp³-hybridized carbons (Fsp3) is 0.148. The lowest BCUT2D eigenvalue weighted by atomic mass is 9.96. The molecule has 0 fully saturated rings. The first-order valence-corrected chi connectivity index (χ1v) is 11.6. The zero-order valence-corrected chi connectivity index (χ0v) is 19.8. The van der Waals surface area contributed by atoms with Crippen molar-refractivity contribution in [1.82, 2.24) is 4.57 Å². The summed E-state index contributed by atoms with van der Waals surface area (Å²) in [7, 11) is 2.93. The number of rotatable bonds is 4. The minimum atomic E-state index is -0.649. The van der Waals surface area contributed by atoms with Crippen LogP contribution in [0.1, 0.15) is 24.1 Å². The molecular weight excluding hydrogens is 448 g/mol. The van der Waals surface area contributed by atoms with E-state index >= 15 is 0 Å². The van der Waals surface area contributed by atoms with Crippen molar-refractivity contribution in [3.8, 4) is 5.75 Å².